The van der Waals surface area contributed by atoms with E-state index in [4.69, 9.17) is 0 Å². The summed E-state index contributed by atoms with van der Waals surface area (Å²) in [4.78, 5) is 0. The molecule has 0 aromatic heterocycles. The zero-order chi connectivity index (χ0) is 13.0. The van der Waals surface area contributed by atoms with Crippen molar-refractivity contribution in [2.75, 3.05) is 13.1 Å². The van der Waals surface area contributed by atoms with Crippen LogP contribution < -0.4 is 5.32 Å². The summed E-state index contributed by atoms with van der Waals surface area (Å²) in [5, 5.41) is 6.11. The Morgan fingerprint density at radius 1 is 1.00 bits per heavy atom. The molecule has 2 rings (SSSR count). The monoisotopic (exact) mass is 241 g/mol. The molecule has 96 valence electrons. The molecule has 0 fully saturated rings. The molecule has 0 amide bonds. The van der Waals surface area contributed by atoms with Gasteiger partial charge >= 0.3 is 0 Å². The fraction of sp³-hybridized carbons (Fsp3) is 0.412. The molecule has 2 aromatic carbocycles. The third kappa shape index (κ3) is 2.91. The zero-order valence-electron chi connectivity index (χ0n) is 11.6. The Morgan fingerprint density at radius 2 is 1.72 bits per heavy atom. The van der Waals surface area contributed by atoms with Crippen LogP contribution in [0.2, 0.25) is 0 Å². The van der Waals surface area contributed by atoms with Gasteiger partial charge in [0.15, 0.2) is 0 Å². The highest BCUT2D eigenvalue weighted by atomic mass is 14.8. The minimum Gasteiger partial charge on any atom is -0.317 e. The Bertz CT molecular complexity index is 504. The van der Waals surface area contributed by atoms with Gasteiger partial charge in [0.1, 0.15) is 0 Å². The summed E-state index contributed by atoms with van der Waals surface area (Å²) in [6.45, 7) is 8.95. The minimum atomic E-state index is 0.591. The van der Waals surface area contributed by atoms with E-state index >= 15 is 0 Å². The summed E-state index contributed by atoms with van der Waals surface area (Å²) in [6.07, 6.45) is 0. The Balaban J connectivity index is 2.19. The molecule has 0 spiro atoms. The molecule has 0 aliphatic carbocycles. The summed E-state index contributed by atoms with van der Waals surface area (Å²) in [6, 6.07) is 15.4. The van der Waals surface area contributed by atoms with Crippen LogP contribution in [0.25, 0.3) is 10.8 Å². The van der Waals surface area contributed by atoms with Crippen LogP contribution >= 0.6 is 0 Å². The van der Waals surface area contributed by atoms with Gasteiger partial charge in [0.25, 0.3) is 0 Å². The van der Waals surface area contributed by atoms with Crippen molar-refractivity contribution >= 4 is 10.8 Å². The number of hydrogen-bond donors (Lipinski definition) is 1. The molecule has 0 saturated carbocycles. The summed E-state index contributed by atoms with van der Waals surface area (Å²) >= 11 is 0. The predicted octanol–water partition coefficient (Wildman–Crippen LogP) is 4.19. The molecule has 2 unspecified atom stereocenters. The molecule has 1 nitrogen and oxygen atoms in total. The van der Waals surface area contributed by atoms with E-state index in [0.717, 1.165) is 13.1 Å². The van der Waals surface area contributed by atoms with Crippen LogP contribution in [0.3, 0.4) is 0 Å². The van der Waals surface area contributed by atoms with Crippen molar-refractivity contribution in [3.05, 3.63) is 48.0 Å². The first kappa shape index (κ1) is 13.1. The molecule has 2 atom stereocenters. The predicted molar refractivity (Wildman–Crippen MR) is 80.1 cm³/mol. The smallest absolute Gasteiger partial charge is 0.00175 e. The summed E-state index contributed by atoms with van der Waals surface area (Å²) in [5.74, 6) is 1.25. The fourth-order valence-corrected chi connectivity index (χ4v) is 2.37. The third-order valence-corrected chi connectivity index (χ3v) is 3.87. The zero-order valence-corrected chi connectivity index (χ0v) is 11.6. The number of rotatable bonds is 5. The molecule has 0 saturated heterocycles. The van der Waals surface area contributed by atoms with E-state index in [9.17, 15) is 0 Å². The van der Waals surface area contributed by atoms with Crippen LogP contribution in [-0.2, 0) is 0 Å². The third-order valence-electron chi connectivity index (χ3n) is 3.87. The molecule has 18 heavy (non-hydrogen) atoms. The lowest BCUT2D eigenvalue weighted by Crippen LogP contribution is -2.24. The van der Waals surface area contributed by atoms with Crippen molar-refractivity contribution in [1.82, 2.24) is 5.32 Å². The number of fused-ring (bicyclic) bond motifs is 1. The number of benzene rings is 2. The van der Waals surface area contributed by atoms with Gasteiger partial charge in [0, 0.05) is 0 Å². The maximum absolute atomic E-state index is 3.44. The molecule has 1 heteroatoms. The van der Waals surface area contributed by atoms with Crippen molar-refractivity contribution in [2.24, 2.45) is 5.92 Å². The molecular formula is C17H23N. The summed E-state index contributed by atoms with van der Waals surface area (Å²) in [5.41, 5.74) is 1.44. The van der Waals surface area contributed by atoms with Gasteiger partial charge in [-0.25, -0.2) is 0 Å². The van der Waals surface area contributed by atoms with Gasteiger partial charge in [-0.1, -0.05) is 63.2 Å². The second-order valence-electron chi connectivity index (χ2n) is 5.18. The van der Waals surface area contributed by atoms with Crippen LogP contribution in [0, 0.1) is 5.92 Å². The van der Waals surface area contributed by atoms with Gasteiger partial charge in [0.2, 0.25) is 0 Å². The van der Waals surface area contributed by atoms with E-state index in [1.165, 1.54) is 16.3 Å². The minimum absolute atomic E-state index is 0.591. The second kappa shape index (κ2) is 6.01. The second-order valence-corrected chi connectivity index (χ2v) is 5.18. The van der Waals surface area contributed by atoms with Crippen LogP contribution in [0.5, 0.6) is 0 Å². The van der Waals surface area contributed by atoms with Crippen LogP contribution in [0.1, 0.15) is 32.3 Å². The first-order valence-electron chi connectivity index (χ1n) is 6.91. The lowest BCUT2D eigenvalue weighted by Gasteiger charge is -2.21. The van der Waals surface area contributed by atoms with Crippen molar-refractivity contribution < 1.29 is 0 Å². The highest BCUT2D eigenvalue weighted by molar-refractivity contribution is 5.83. The molecular weight excluding hydrogens is 218 g/mol. The Labute approximate surface area is 110 Å². The molecule has 0 heterocycles. The Kier molecular flexibility index (Phi) is 4.38. The molecule has 0 bridgehead atoms. The highest BCUT2D eigenvalue weighted by Crippen LogP contribution is 2.26. The van der Waals surface area contributed by atoms with E-state index in [1.54, 1.807) is 0 Å². The van der Waals surface area contributed by atoms with E-state index in [2.05, 4.69) is 68.6 Å². The van der Waals surface area contributed by atoms with Crippen LogP contribution in [0.4, 0.5) is 0 Å². The van der Waals surface area contributed by atoms with Gasteiger partial charge in [-0.2, -0.15) is 0 Å². The number of hydrogen-bond acceptors (Lipinski definition) is 1. The Hall–Kier alpha value is -1.34. The lowest BCUT2D eigenvalue weighted by atomic mass is 9.88. The fourth-order valence-electron chi connectivity index (χ4n) is 2.37. The normalized spacial score (nSPS) is 14.6. The molecule has 1 N–H and O–H groups in total. The van der Waals surface area contributed by atoms with Gasteiger partial charge in [-0.05, 0) is 41.3 Å². The quantitative estimate of drug-likeness (QED) is 0.827. The van der Waals surface area contributed by atoms with Crippen molar-refractivity contribution in [3.63, 3.8) is 0 Å². The molecule has 0 aliphatic rings. The number of nitrogens with one attached hydrogen (secondary N) is 1. The highest BCUT2D eigenvalue weighted by Gasteiger charge is 2.13. The first-order chi connectivity index (χ1) is 8.72. The van der Waals surface area contributed by atoms with Crippen LogP contribution in [0.15, 0.2) is 42.5 Å². The van der Waals surface area contributed by atoms with Gasteiger partial charge < -0.3 is 5.32 Å². The first-order valence-corrected chi connectivity index (χ1v) is 6.91. The maximum atomic E-state index is 3.44. The average molecular weight is 241 g/mol. The van der Waals surface area contributed by atoms with E-state index in [-0.39, 0.29) is 0 Å². The Morgan fingerprint density at radius 3 is 2.44 bits per heavy atom. The molecule has 0 radical (unpaired) electrons. The van der Waals surface area contributed by atoms with Crippen LogP contribution in [-0.4, -0.2) is 13.1 Å². The van der Waals surface area contributed by atoms with Gasteiger partial charge in [-0.3, -0.25) is 0 Å². The van der Waals surface area contributed by atoms with Crippen molar-refractivity contribution in [3.8, 4) is 0 Å². The molecule has 2 aromatic rings. The largest absolute Gasteiger partial charge is 0.317 e. The standard InChI is InChI=1S/C17H23N/c1-4-18-12-13(2)14(3)16-10-9-15-7-5-6-8-17(15)11-16/h5-11,13-14,18H,4,12H2,1-3H3. The van der Waals surface area contributed by atoms with Crippen molar-refractivity contribution in [2.45, 2.75) is 26.7 Å². The van der Waals surface area contributed by atoms with Crippen molar-refractivity contribution in [1.29, 1.82) is 0 Å². The molecule has 0 aliphatic heterocycles. The van der Waals surface area contributed by atoms with E-state index < -0.39 is 0 Å². The lowest BCUT2D eigenvalue weighted by molar-refractivity contribution is 0.454. The average Bonchev–Trinajstić information content (AvgIpc) is 2.43. The SMILES string of the molecule is CCNCC(C)C(C)c1ccc2ccccc2c1. The van der Waals surface area contributed by atoms with Gasteiger partial charge in [0.05, 0.1) is 0 Å². The van der Waals surface area contributed by atoms with E-state index in [1.807, 2.05) is 0 Å². The van der Waals surface area contributed by atoms with E-state index in [0.29, 0.717) is 11.8 Å². The summed E-state index contributed by atoms with van der Waals surface area (Å²) in [7, 11) is 0. The maximum Gasteiger partial charge on any atom is -0.00175 e. The summed E-state index contributed by atoms with van der Waals surface area (Å²) < 4.78 is 0. The van der Waals surface area contributed by atoms with Gasteiger partial charge in [-0.15, -0.1) is 0 Å². The topological polar surface area (TPSA) is 12.0 Å².